The highest BCUT2D eigenvalue weighted by atomic mass is 16.4. The van der Waals surface area contributed by atoms with Gasteiger partial charge >= 0.3 is 5.97 Å². The van der Waals surface area contributed by atoms with Crippen LogP contribution < -0.4 is 11.1 Å². The van der Waals surface area contributed by atoms with E-state index in [-0.39, 0.29) is 11.5 Å². The molecule has 0 spiro atoms. The highest BCUT2D eigenvalue weighted by molar-refractivity contribution is 6.06. The fraction of sp³-hybridized carbons (Fsp3) is 0.312. The molecule has 0 radical (unpaired) electrons. The van der Waals surface area contributed by atoms with Gasteiger partial charge in [0.25, 0.3) is 5.91 Å². The molecule has 120 valence electrons. The summed E-state index contributed by atoms with van der Waals surface area (Å²) in [7, 11) is 0. The molecular weight excluding hydrogens is 296 g/mol. The van der Waals surface area contributed by atoms with Crippen molar-refractivity contribution in [3.05, 3.63) is 36.0 Å². The number of carboxylic acid groups (broad SMARTS) is 1. The van der Waals surface area contributed by atoms with Crippen LogP contribution in [0.25, 0.3) is 0 Å². The summed E-state index contributed by atoms with van der Waals surface area (Å²) >= 11 is 0. The predicted molar refractivity (Wildman–Crippen MR) is 85.1 cm³/mol. The van der Waals surface area contributed by atoms with Crippen molar-refractivity contribution in [1.82, 2.24) is 4.90 Å². The third-order valence-electron chi connectivity index (χ3n) is 3.72. The number of carbonyl (C=O) groups excluding carboxylic acids is 1. The van der Waals surface area contributed by atoms with Crippen LogP contribution in [0.5, 0.6) is 0 Å². The van der Waals surface area contributed by atoms with E-state index >= 15 is 0 Å². The third-order valence-corrected chi connectivity index (χ3v) is 3.72. The second-order valence-electron chi connectivity index (χ2n) is 5.38. The van der Waals surface area contributed by atoms with Gasteiger partial charge in [0.15, 0.2) is 0 Å². The van der Waals surface area contributed by atoms with Crippen molar-refractivity contribution >= 4 is 23.3 Å². The van der Waals surface area contributed by atoms with Crippen LogP contribution in [0.4, 0.5) is 11.4 Å². The third kappa shape index (κ3) is 4.48. The number of hydrogen-bond donors (Lipinski definition) is 3. The number of nitrogens with zero attached hydrogens (tertiary/aromatic N) is 2. The molecule has 1 aliphatic heterocycles. The maximum Gasteiger partial charge on any atom is 0.306 e. The molecule has 0 aromatic heterocycles. The van der Waals surface area contributed by atoms with Gasteiger partial charge in [0.05, 0.1) is 5.92 Å². The molecule has 1 aromatic carbocycles. The van der Waals surface area contributed by atoms with E-state index in [4.69, 9.17) is 16.1 Å². The van der Waals surface area contributed by atoms with Crippen LogP contribution in [-0.2, 0) is 9.59 Å². The number of nitrogens with two attached hydrogens (primary N) is 1. The SMILES string of the molecule is N#C/C(=C/N1CCC(C(=O)O)CC1)C(=O)Nc1ccc(N)cc1. The molecule has 1 heterocycles. The van der Waals surface area contributed by atoms with Crippen LogP contribution in [0.1, 0.15) is 12.8 Å². The van der Waals surface area contributed by atoms with Crippen LogP contribution in [0.15, 0.2) is 36.0 Å². The number of hydrogen-bond acceptors (Lipinski definition) is 5. The molecule has 0 atom stereocenters. The number of anilines is 2. The first kappa shape index (κ1) is 16.4. The molecule has 0 saturated carbocycles. The van der Waals surface area contributed by atoms with Crippen molar-refractivity contribution in [2.24, 2.45) is 5.92 Å². The number of nitrogen functional groups attached to an aromatic ring is 1. The van der Waals surface area contributed by atoms with Gasteiger partial charge in [-0.25, -0.2) is 0 Å². The largest absolute Gasteiger partial charge is 0.481 e. The van der Waals surface area contributed by atoms with Crippen molar-refractivity contribution in [2.45, 2.75) is 12.8 Å². The predicted octanol–water partition coefficient (Wildman–Crippen LogP) is 1.41. The summed E-state index contributed by atoms with van der Waals surface area (Å²) in [4.78, 5) is 24.8. The lowest BCUT2D eigenvalue weighted by atomic mass is 9.97. The summed E-state index contributed by atoms with van der Waals surface area (Å²) < 4.78 is 0. The van der Waals surface area contributed by atoms with E-state index < -0.39 is 11.9 Å². The molecule has 1 fully saturated rings. The van der Waals surface area contributed by atoms with Crippen LogP contribution in [0.2, 0.25) is 0 Å². The molecule has 0 aliphatic carbocycles. The minimum Gasteiger partial charge on any atom is -0.481 e. The molecule has 4 N–H and O–H groups in total. The van der Waals surface area contributed by atoms with Crippen LogP contribution in [0.3, 0.4) is 0 Å². The van der Waals surface area contributed by atoms with Gasteiger partial charge in [0.2, 0.25) is 0 Å². The fourth-order valence-corrected chi connectivity index (χ4v) is 2.36. The van der Waals surface area contributed by atoms with Gasteiger partial charge in [-0.1, -0.05) is 0 Å². The van der Waals surface area contributed by atoms with E-state index in [1.807, 2.05) is 6.07 Å². The minimum absolute atomic E-state index is 0.0180. The Morgan fingerprint density at radius 2 is 1.91 bits per heavy atom. The summed E-state index contributed by atoms with van der Waals surface area (Å²) in [5.74, 6) is -1.65. The summed E-state index contributed by atoms with van der Waals surface area (Å²) in [6.45, 7) is 1.02. The molecule has 1 amide bonds. The van der Waals surface area contributed by atoms with E-state index in [2.05, 4.69) is 5.32 Å². The minimum atomic E-state index is -0.796. The van der Waals surface area contributed by atoms with Crippen molar-refractivity contribution in [3.63, 3.8) is 0 Å². The van der Waals surface area contributed by atoms with Crippen LogP contribution in [0, 0.1) is 17.2 Å². The van der Waals surface area contributed by atoms with Gasteiger partial charge in [-0.2, -0.15) is 5.26 Å². The molecule has 0 bridgehead atoms. The molecular formula is C16H18N4O3. The zero-order valence-corrected chi connectivity index (χ0v) is 12.5. The number of carbonyl (C=O) groups is 2. The zero-order valence-electron chi connectivity index (χ0n) is 12.5. The fourth-order valence-electron chi connectivity index (χ4n) is 2.36. The van der Waals surface area contributed by atoms with E-state index in [9.17, 15) is 9.59 Å². The average molecular weight is 314 g/mol. The number of likely N-dealkylation sites (tertiary alicyclic amines) is 1. The Kier molecular flexibility index (Phi) is 5.20. The Balaban J connectivity index is 1.99. The van der Waals surface area contributed by atoms with Crippen molar-refractivity contribution in [3.8, 4) is 6.07 Å². The summed E-state index contributed by atoms with van der Waals surface area (Å²) in [5.41, 5.74) is 6.69. The highest BCUT2D eigenvalue weighted by Gasteiger charge is 2.24. The molecule has 7 heteroatoms. The lowest BCUT2D eigenvalue weighted by molar-refractivity contribution is -0.143. The Bertz CT molecular complexity index is 653. The van der Waals surface area contributed by atoms with Gasteiger partial charge in [-0.15, -0.1) is 0 Å². The first-order valence-electron chi connectivity index (χ1n) is 7.25. The van der Waals surface area contributed by atoms with Crippen molar-refractivity contribution in [2.75, 3.05) is 24.1 Å². The lowest BCUT2D eigenvalue weighted by Gasteiger charge is -2.29. The Hall–Kier alpha value is -3.01. The molecule has 1 aromatic rings. The number of nitriles is 1. The van der Waals surface area contributed by atoms with E-state index in [1.54, 1.807) is 29.2 Å². The van der Waals surface area contributed by atoms with Gasteiger partial charge < -0.3 is 21.1 Å². The van der Waals surface area contributed by atoms with Gasteiger partial charge in [0.1, 0.15) is 11.6 Å². The van der Waals surface area contributed by atoms with E-state index in [1.165, 1.54) is 6.20 Å². The summed E-state index contributed by atoms with van der Waals surface area (Å²) in [5, 5.41) is 20.8. The van der Waals surface area contributed by atoms with Crippen LogP contribution >= 0.6 is 0 Å². The van der Waals surface area contributed by atoms with Gasteiger partial charge in [-0.05, 0) is 37.1 Å². The first-order valence-corrected chi connectivity index (χ1v) is 7.25. The highest BCUT2D eigenvalue weighted by Crippen LogP contribution is 2.18. The molecule has 0 unspecified atom stereocenters. The monoisotopic (exact) mass is 314 g/mol. The number of nitrogens with one attached hydrogen (secondary N) is 1. The number of piperidine rings is 1. The normalized spacial score (nSPS) is 15.8. The quantitative estimate of drug-likeness (QED) is 0.439. The maximum atomic E-state index is 12.1. The molecule has 2 rings (SSSR count). The average Bonchev–Trinajstić information content (AvgIpc) is 2.55. The molecule has 7 nitrogen and oxygen atoms in total. The van der Waals surface area contributed by atoms with E-state index in [0.717, 1.165) is 0 Å². The van der Waals surface area contributed by atoms with Gasteiger partial charge in [0, 0.05) is 30.7 Å². The van der Waals surface area contributed by atoms with Crippen molar-refractivity contribution in [1.29, 1.82) is 5.26 Å². The number of aliphatic carboxylic acids is 1. The second kappa shape index (κ2) is 7.31. The first-order chi connectivity index (χ1) is 11.0. The lowest BCUT2D eigenvalue weighted by Crippen LogP contribution is -2.33. The standard InChI is InChI=1S/C16H18N4O3/c17-9-12(10-20-7-5-11(6-8-20)16(22)23)15(21)19-14-3-1-13(18)2-4-14/h1-4,10-11H,5-8,18H2,(H,19,21)(H,22,23)/b12-10-. The number of rotatable bonds is 4. The molecule has 1 aliphatic rings. The van der Waals surface area contributed by atoms with E-state index in [0.29, 0.717) is 37.3 Å². The molecule has 23 heavy (non-hydrogen) atoms. The topological polar surface area (TPSA) is 119 Å². The van der Waals surface area contributed by atoms with Crippen molar-refractivity contribution < 1.29 is 14.7 Å². The summed E-state index contributed by atoms with van der Waals surface area (Å²) in [6.07, 6.45) is 2.50. The second-order valence-corrected chi connectivity index (χ2v) is 5.38. The Morgan fingerprint density at radius 1 is 1.30 bits per heavy atom. The number of carboxylic acids is 1. The zero-order chi connectivity index (χ0) is 16.8. The number of benzene rings is 1. The van der Waals surface area contributed by atoms with Gasteiger partial charge in [-0.3, -0.25) is 9.59 Å². The number of amides is 1. The maximum absolute atomic E-state index is 12.1. The summed E-state index contributed by atoms with van der Waals surface area (Å²) in [6, 6.07) is 8.50. The van der Waals surface area contributed by atoms with Crippen LogP contribution in [-0.4, -0.2) is 35.0 Å². The Labute approximate surface area is 134 Å². The molecule has 1 saturated heterocycles. The smallest absolute Gasteiger partial charge is 0.306 e. The Morgan fingerprint density at radius 3 is 2.43 bits per heavy atom.